The Morgan fingerprint density at radius 3 is 3.15 bits per heavy atom. The number of hydrogen-bond acceptors (Lipinski definition) is 3. The van der Waals surface area contributed by atoms with E-state index in [1.165, 1.54) is 6.33 Å². The van der Waals surface area contributed by atoms with Gasteiger partial charge in [0.2, 0.25) is 0 Å². The third-order valence-corrected chi connectivity index (χ3v) is 2.01. The summed E-state index contributed by atoms with van der Waals surface area (Å²) < 4.78 is 0. The first kappa shape index (κ1) is 7.91. The molecule has 0 aliphatic heterocycles. The second-order valence-corrected chi connectivity index (χ2v) is 2.78. The average Bonchev–Trinajstić information content (AvgIpc) is 2.19. The topological polar surface area (TPSA) is 58.6 Å². The summed E-state index contributed by atoms with van der Waals surface area (Å²) in [6.45, 7) is 1.94. The van der Waals surface area contributed by atoms with Crippen molar-refractivity contribution in [3.05, 3.63) is 34.5 Å². The molecule has 1 N–H and O–H groups in total. The standard InChI is InChI=1S/C9H9N3O/c1-2-6-3-11-9-7(8(6)13)4-10-5-12-9/h3-5H,2H2,1H3,(H,10,11,12,13). The Balaban J connectivity index is 2.87. The third kappa shape index (κ3) is 1.20. The number of pyridine rings is 1. The molecule has 0 saturated heterocycles. The minimum absolute atomic E-state index is 0.0249. The Kier molecular flexibility index (Phi) is 1.81. The van der Waals surface area contributed by atoms with Gasteiger partial charge in [-0.2, -0.15) is 0 Å². The van der Waals surface area contributed by atoms with Crippen molar-refractivity contribution in [2.45, 2.75) is 13.3 Å². The lowest BCUT2D eigenvalue weighted by molar-refractivity contribution is 1.08. The molecule has 2 heterocycles. The van der Waals surface area contributed by atoms with Crippen molar-refractivity contribution in [2.75, 3.05) is 0 Å². The van der Waals surface area contributed by atoms with Gasteiger partial charge in [0.15, 0.2) is 5.43 Å². The Labute approximate surface area is 74.7 Å². The van der Waals surface area contributed by atoms with E-state index in [0.717, 1.165) is 12.0 Å². The van der Waals surface area contributed by atoms with Crippen LogP contribution >= 0.6 is 0 Å². The Hall–Kier alpha value is -1.71. The van der Waals surface area contributed by atoms with E-state index < -0.39 is 0 Å². The molecule has 4 heteroatoms. The van der Waals surface area contributed by atoms with Crippen LogP contribution in [-0.4, -0.2) is 15.0 Å². The highest BCUT2D eigenvalue weighted by molar-refractivity contribution is 5.73. The molecule has 0 radical (unpaired) electrons. The van der Waals surface area contributed by atoms with Crippen LogP contribution in [0.25, 0.3) is 11.0 Å². The number of hydrogen-bond donors (Lipinski definition) is 1. The van der Waals surface area contributed by atoms with Crippen molar-refractivity contribution in [3.63, 3.8) is 0 Å². The van der Waals surface area contributed by atoms with Crippen molar-refractivity contribution in [3.8, 4) is 0 Å². The normalized spacial score (nSPS) is 10.5. The van der Waals surface area contributed by atoms with Gasteiger partial charge in [-0.3, -0.25) is 4.79 Å². The van der Waals surface area contributed by atoms with Crippen molar-refractivity contribution in [2.24, 2.45) is 0 Å². The molecule has 0 aliphatic rings. The number of rotatable bonds is 1. The van der Waals surface area contributed by atoms with Crippen molar-refractivity contribution in [1.82, 2.24) is 15.0 Å². The van der Waals surface area contributed by atoms with Gasteiger partial charge in [-0.15, -0.1) is 0 Å². The van der Waals surface area contributed by atoms with Gasteiger partial charge in [0.1, 0.15) is 12.0 Å². The molecule has 13 heavy (non-hydrogen) atoms. The van der Waals surface area contributed by atoms with Crippen molar-refractivity contribution in [1.29, 1.82) is 0 Å². The van der Waals surface area contributed by atoms with E-state index in [2.05, 4.69) is 15.0 Å². The van der Waals surface area contributed by atoms with Gasteiger partial charge < -0.3 is 4.98 Å². The maximum absolute atomic E-state index is 11.7. The number of nitrogens with zero attached hydrogens (tertiary/aromatic N) is 2. The highest BCUT2D eigenvalue weighted by Crippen LogP contribution is 2.01. The molecule has 0 unspecified atom stereocenters. The Morgan fingerprint density at radius 1 is 1.54 bits per heavy atom. The lowest BCUT2D eigenvalue weighted by atomic mass is 10.2. The summed E-state index contributed by atoms with van der Waals surface area (Å²) in [5, 5.41) is 0.557. The molecule has 0 atom stereocenters. The van der Waals surface area contributed by atoms with E-state index in [9.17, 15) is 4.79 Å². The molecule has 2 aromatic heterocycles. The zero-order chi connectivity index (χ0) is 9.26. The van der Waals surface area contributed by atoms with E-state index in [-0.39, 0.29) is 5.43 Å². The Morgan fingerprint density at radius 2 is 2.38 bits per heavy atom. The van der Waals surface area contributed by atoms with Gasteiger partial charge >= 0.3 is 0 Å². The molecule has 0 aliphatic carbocycles. The van der Waals surface area contributed by atoms with Crippen LogP contribution in [0, 0.1) is 0 Å². The smallest absolute Gasteiger partial charge is 0.195 e. The summed E-state index contributed by atoms with van der Waals surface area (Å²) in [5.74, 6) is 0. The van der Waals surface area contributed by atoms with Gasteiger partial charge in [-0.25, -0.2) is 9.97 Å². The number of nitrogens with one attached hydrogen (secondary N) is 1. The van der Waals surface area contributed by atoms with Gasteiger partial charge in [-0.05, 0) is 6.42 Å². The predicted molar refractivity (Wildman–Crippen MR) is 49.5 cm³/mol. The lowest BCUT2D eigenvalue weighted by Gasteiger charge is -1.97. The van der Waals surface area contributed by atoms with Crippen molar-refractivity contribution >= 4 is 11.0 Å². The highest BCUT2D eigenvalue weighted by atomic mass is 16.1. The number of H-pyrrole nitrogens is 1. The summed E-state index contributed by atoms with van der Waals surface area (Å²) in [5.41, 5.74) is 1.39. The lowest BCUT2D eigenvalue weighted by Crippen LogP contribution is -2.09. The molecule has 4 nitrogen and oxygen atoms in total. The number of aromatic amines is 1. The molecule has 0 saturated carbocycles. The second kappa shape index (κ2) is 2.97. The summed E-state index contributed by atoms with van der Waals surface area (Å²) in [6.07, 6.45) is 5.39. The fourth-order valence-electron chi connectivity index (χ4n) is 1.27. The highest BCUT2D eigenvalue weighted by Gasteiger charge is 2.02. The van der Waals surface area contributed by atoms with Gasteiger partial charge in [0, 0.05) is 18.0 Å². The molecule has 0 amide bonds. The van der Waals surface area contributed by atoms with Crippen LogP contribution in [-0.2, 0) is 6.42 Å². The monoisotopic (exact) mass is 175 g/mol. The first-order chi connectivity index (χ1) is 6.33. The summed E-state index contributed by atoms with van der Waals surface area (Å²) in [6, 6.07) is 0. The molecular formula is C9H9N3O. The molecule has 0 aromatic carbocycles. The SMILES string of the molecule is CCc1c[nH]c2ncncc2c1=O. The molecule has 2 aromatic rings. The van der Waals surface area contributed by atoms with Crippen LogP contribution in [0.3, 0.4) is 0 Å². The molecular weight excluding hydrogens is 166 g/mol. The molecule has 0 bridgehead atoms. The number of aromatic nitrogens is 3. The molecule has 0 spiro atoms. The maximum atomic E-state index is 11.7. The van der Waals surface area contributed by atoms with E-state index in [4.69, 9.17) is 0 Å². The number of aryl methyl sites for hydroxylation is 1. The largest absolute Gasteiger partial charge is 0.346 e. The summed E-state index contributed by atoms with van der Waals surface area (Å²) in [4.78, 5) is 22.4. The zero-order valence-electron chi connectivity index (χ0n) is 7.24. The van der Waals surface area contributed by atoms with Crippen LogP contribution < -0.4 is 5.43 Å². The van der Waals surface area contributed by atoms with Crippen LogP contribution in [0.4, 0.5) is 0 Å². The molecule has 0 fully saturated rings. The zero-order valence-corrected chi connectivity index (χ0v) is 7.24. The second-order valence-electron chi connectivity index (χ2n) is 2.78. The minimum atomic E-state index is 0.0249. The molecule has 2 rings (SSSR count). The van der Waals surface area contributed by atoms with E-state index >= 15 is 0 Å². The van der Waals surface area contributed by atoms with Gasteiger partial charge in [0.25, 0.3) is 0 Å². The predicted octanol–water partition coefficient (Wildman–Crippen LogP) is 0.880. The molecule has 66 valence electrons. The first-order valence-corrected chi connectivity index (χ1v) is 4.13. The summed E-state index contributed by atoms with van der Waals surface area (Å²) >= 11 is 0. The van der Waals surface area contributed by atoms with E-state index in [1.807, 2.05) is 6.92 Å². The Bertz CT molecular complexity index is 489. The van der Waals surface area contributed by atoms with E-state index in [0.29, 0.717) is 11.0 Å². The van der Waals surface area contributed by atoms with Gasteiger partial charge in [0.05, 0.1) is 5.39 Å². The van der Waals surface area contributed by atoms with Crippen molar-refractivity contribution < 1.29 is 0 Å². The van der Waals surface area contributed by atoms with Crippen LogP contribution in [0.5, 0.6) is 0 Å². The fourth-order valence-corrected chi connectivity index (χ4v) is 1.27. The summed E-state index contributed by atoms with van der Waals surface area (Å²) in [7, 11) is 0. The van der Waals surface area contributed by atoms with E-state index in [1.54, 1.807) is 12.4 Å². The number of fused-ring (bicyclic) bond motifs is 1. The minimum Gasteiger partial charge on any atom is -0.346 e. The van der Waals surface area contributed by atoms with Crippen LogP contribution in [0.15, 0.2) is 23.5 Å². The average molecular weight is 175 g/mol. The van der Waals surface area contributed by atoms with Gasteiger partial charge in [-0.1, -0.05) is 6.92 Å². The maximum Gasteiger partial charge on any atom is 0.195 e. The van der Waals surface area contributed by atoms with Crippen LogP contribution in [0.1, 0.15) is 12.5 Å². The van der Waals surface area contributed by atoms with Crippen LogP contribution in [0.2, 0.25) is 0 Å². The third-order valence-electron chi connectivity index (χ3n) is 2.01. The quantitative estimate of drug-likeness (QED) is 0.699. The fraction of sp³-hybridized carbons (Fsp3) is 0.222. The first-order valence-electron chi connectivity index (χ1n) is 4.13.